The van der Waals surface area contributed by atoms with Gasteiger partial charge in [0.15, 0.2) is 0 Å². The highest BCUT2D eigenvalue weighted by atomic mass is 14.8. The first kappa shape index (κ1) is 58.3. The SMILES string of the molecule is c1ccc(-c2cc(-c3ccccc3)nc(-c3cc(-c4cc(-c5ccccc5)cc(-c5ccccc5)n4)cc(-c4cc(-c5ccccc5)cc(-c5cc(-c6cc(-c7ccccc7)cc(-c7ccccc7)n6)cc(-c6cc(-c7ccccc7)cc(-c7ccccc7)n6)c5)n4)c3)c2)cc1. The zero-order chi connectivity index (χ0) is 64.0. The van der Waals surface area contributed by atoms with Crippen LogP contribution >= 0.6 is 0 Å². The molecule has 0 spiro atoms. The Hall–Kier alpha value is -12.8. The third kappa shape index (κ3) is 12.6. The van der Waals surface area contributed by atoms with E-state index in [-0.39, 0.29) is 0 Å². The van der Waals surface area contributed by atoms with Crippen molar-refractivity contribution in [3.63, 3.8) is 0 Å². The molecule has 0 saturated heterocycles. The monoisotopic (exact) mass is 1220 g/mol. The predicted octanol–water partition coefficient (Wildman–Crippen LogP) is 23.7. The van der Waals surface area contributed by atoms with Gasteiger partial charge < -0.3 is 0 Å². The summed E-state index contributed by atoms with van der Waals surface area (Å²) in [6, 6.07) is 130. The first-order valence-corrected chi connectivity index (χ1v) is 32.4. The molecule has 0 atom stereocenters. The molecule has 5 aromatic heterocycles. The highest BCUT2D eigenvalue weighted by Gasteiger charge is 2.21. The van der Waals surface area contributed by atoms with Crippen LogP contribution in [0.25, 0.3) is 168 Å². The van der Waals surface area contributed by atoms with E-state index in [9.17, 15) is 0 Å². The van der Waals surface area contributed by atoms with Gasteiger partial charge in [0.1, 0.15) is 0 Å². The normalized spacial score (nSPS) is 11.1. The maximum Gasteiger partial charge on any atom is 0.0716 e. The summed E-state index contributed by atoms with van der Waals surface area (Å²) in [5.41, 5.74) is 28.6. The van der Waals surface area contributed by atoms with Crippen molar-refractivity contribution < 1.29 is 0 Å². The number of rotatable bonds is 15. The lowest BCUT2D eigenvalue weighted by molar-refractivity contribution is 1.29. The van der Waals surface area contributed by atoms with Crippen molar-refractivity contribution in [2.75, 3.05) is 0 Å². The second kappa shape index (κ2) is 26.4. The molecule has 11 aromatic carbocycles. The lowest BCUT2D eigenvalue weighted by Crippen LogP contribution is -1.97. The minimum Gasteiger partial charge on any atom is -0.248 e. The van der Waals surface area contributed by atoms with Crippen molar-refractivity contribution in [3.8, 4) is 168 Å². The molecule has 16 aromatic rings. The van der Waals surface area contributed by atoms with Gasteiger partial charge in [-0.3, -0.25) is 0 Å². The molecule has 0 fully saturated rings. The average molecular weight is 1220 g/mol. The summed E-state index contributed by atoms with van der Waals surface area (Å²) in [7, 11) is 0. The Morgan fingerprint density at radius 3 is 0.344 bits per heavy atom. The summed E-state index contributed by atoms with van der Waals surface area (Å²) in [5.74, 6) is 0. The summed E-state index contributed by atoms with van der Waals surface area (Å²) in [6.45, 7) is 0. The van der Waals surface area contributed by atoms with Gasteiger partial charge in [0.25, 0.3) is 0 Å². The van der Waals surface area contributed by atoms with Crippen LogP contribution in [0, 0.1) is 0 Å². The molecule has 0 unspecified atom stereocenters. The van der Waals surface area contributed by atoms with Gasteiger partial charge in [-0.25, -0.2) is 24.9 Å². The molecule has 0 saturated carbocycles. The standard InChI is InChI=1S/C91H61N5/c1-10-28-62(29-11-1)71-52-82(67-38-20-6-21-39-67)92-86(56-71)76-46-77(87-57-72(63-30-12-2-13-31-63)53-83(93-87)68-40-22-7-23-41-68)49-80(48-76)90-60-75(66-36-18-5-19-37-66)61-91(96-90)81-50-78(88-58-73(64-32-14-3-15-33-64)54-84(94-88)69-42-24-8-25-43-69)47-79(51-81)89-59-74(65-34-16-4-17-35-65)55-85(95-89)70-44-26-9-27-45-70/h1-61H. The predicted molar refractivity (Wildman–Crippen MR) is 397 cm³/mol. The van der Waals surface area contributed by atoms with Crippen LogP contribution in [0.15, 0.2) is 370 Å². The second-order valence-electron chi connectivity index (χ2n) is 24.0. The van der Waals surface area contributed by atoms with Gasteiger partial charge >= 0.3 is 0 Å². The van der Waals surface area contributed by atoms with Crippen molar-refractivity contribution >= 4 is 0 Å². The molecule has 5 heterocycles. The fourth-order valence-electron chi connectivity index (χ4n) is 12.7. The first-order valence-electron chi connectivity index (χ1n) is 32.4. The number of aromatic nitrogens is 5. The smallest absolute Gasteiger partial charge is 0.0716 e. The van der Waals surface area contributed by atoms with E-state index in [1.807, 2.05) is 24.3 Å². The Morgan fingerprint density at radius 2 is 0.208 bits per heavy atom. The van der Waals surface area contributed by atoms with Crippen LogP contribution in [0.2, 0.25) is 0 Å². The first-order chi connectivity index (χ1) is 47.5. The molecule has 0 radical (unpaired) electrons. The molecule has 0 aliphatic rings. The van der Waals surface area contributed by atoms with Crippen LogP contribution in [-0.4, -0.2) is 24.9 Å². The molecule has 96 heavy (non-hydrogen) atoms. The van der Waals surface area contributed by atoms with Gasteiger partial charge in [-0.1, -0.05) is 273 Å². The molecule has 0 aliphatic heterocycles. The Bertz CT molecular complexity index is 4560. The van der Waals surface area contributed by atoms with Gasteiger partial charge in [0.2, 0.25) is 0 Å². The fourth-order valence-corrected chi connectivity index (χ4v) is 12.7. The van der Waals surface area contributed by atoms with E-state index in [0.717, 1.165) is 168 Å². The van der Waals surface area contributed by atoms with E-state index in [4.69, 9.17) is 24.9 Å². The van der Waals surface area contributed by atoms with Crippen LogP contribution in [0.3, 0.4) is 0 Å². The van der Waals surface area contributed by atoms with Crippen LogP contribution in [0.5, 0.6) is 0 Å². The largest absolute Gasteiger partial charge is 0.248 e. The van der Waals surface area contributed by atoms with E-state index in [2.05, 4.69) is 346 Å². The van der Waals surface area contributed by atoms with Gasteiger partial charge in [-0.15, -0.1) is 0 Å². The molecule has 16 rings (SSSR count). The average Bonchev–Trinajstić information content (AvgIpc) is 0.967. The van der Waals surface area contributed by atoms with E-state index < -0.39 is 0 Å². The number of hydrogen-bond donors (Lipinski definition) is 0. The lowest BCUT2D eigenvalue weighted by Gasteiger charge is -2.17. The lowest BCUT2D eigenvalue weighted by atomic mass is 9.92. The number of pyridine rings is 5. The third-order valence-corrected chi connectivity index (χ3v) is 17.6. The van der Waals surface area contributed by atoms with E-state index in [0.29, 0.717) is 0 Å². The van der Waals surface area contributed by atoms with Gasteiger partial charge in [0.05, 0.1) is 56.9 Å². The maximum atomic E-state index is 5.88. The van der Waals surface area contributed by atoms with Crippen molar-refractivity contribution in [1.29, 1.82) is 0 Å². The highest BCUT2D eigenvalue weighted by Crippen LogP contribution is 2.42. The Kier molecular flexibility index (Phi) is 16.0. The van der Waals surface area contributed by atoms with Gasteiger partial charge in [0, 0.05) is 55.6 Å². The molecule has 0 N–H and O–H groups in total. The number of nitrogens with zero attached hydrogens (tertiary/aromatic N) is 5. The Morgan fingerprint density at radius 1 is 0.0938 bits per heavy atom. The second-order valence-corrected chi connectivity index (χ2v) is 24.0. The number of benzene rings is 11. The molecule has 0 aliphatic carbocycles. The topological polar surface area (TPSA) is 64.5 Å². The Balaban J connectivity index is 0.960. The molecule has 450 valence electrons. The molecule has 0 amide bonds. The molecular formula is C91H61N5. The minimum absolute atomic E-state index is 0.775. The summed E-state index contributed by atoms with van der Waals surface area (Å²) in [5, 5.41) is 0. The summed E-state index contributed by atoms with van der Waals surface area (Å²) in [6.07, 6.45) is 0. The molecular weight excluding hydrogens is 1160 g/mol. The Labute approximate surface area is 559 Å². The van der Waals surface area contributed by atoms with Crippen molar-refractivity contribution in [2.24, 2.45) is 0 Å². The van der Waals surface area contributed by atoms with Crippen LogP contribution in [0.1, 0.15) is 0 Å². The van der Waals surface area contributed by atoms with Crippen LogP contribution in [0.4, 0.5) is 0 Å². The van der Waals surface area contributed by atoms with E-state index in [1.54, 1.807) is 0 Å². The van der Waals surface area contributed by atoms with Gasteiger partial charge in [-0.05, 0) is 153 Å². The van der Waals surface area contributed by atoms with Crippen LogP contribution < -0.4 is 0 Å². The highest BCUT2D eigenvalue weighted by molar-refractivity contribution is 5.89. The maximum absolute atomic E-state index is 5.88. The zero-order valence-electron chi connectivity index (χ0n) is 52.5. The molecule has 5 nitrogen and oxygen atoms in total. The number of hydrogen-bond acceptors (Lipinski definition) is 5. The molecule has 5 heteroatoms. The zero-order valence-corrected chi connectivity index (χ0v) is 52.5. The molecule has 0 bridgehead atoms. The van der Waals surface area contributed by atoms with Crippen LogP contribution in [-0.2, 0) is 0 Å². The third-order valence-electron chi connectivity index (χ3n) is 17.6. The minimum atomic E-state index is 0.775. The summed E-state index contributed by atoms with van der Waals surface area (Å²) < 4.78 is 0. The van der Waals surface area contributed by atoms with Crippen molar-refractivity contribution in [2.45, 2.75) is 0 Å². The summed E-state index contributed by atoms with van der Waals surface area (Å²) in [4.78, 5) is 28.1. The quantitative estimate of drug-likeness (QED) is 0.102. The van der Waals surface area contributed by atoms with E-state index in [1.165, 1.54) is 0 Å². The van der Waals surface area contributed by atoms with Gasteiger partial charge in [-0.2, -0.15) is 0 Å². The van der Waals surface area contributed by atoms with Crippen molar-refractivity contribution in [3.05, 3.63) is 370 Å². The van der Waals surface area contributed by atoms with E-state index >= 15 is 0 Å². The fraction of sp³-hybridized carbons (Fsp3) is 0. The summed E-state index contributed by atoms with van der Waals surface area (Å²) >= 11 is 0. The van der Waals surface area contributed by atoms with Crippen molar-refractivity contribution in [1.82, 2.24) is 24.9 Å².